The first-order valence-corrected chi connectivity index (χ1v) is 9.88. The van der Waals surface area contributed by atoms with E-state index in [1.807, 2.05) is 18.3 Å². The van der Waals surface area contributed by atoms with Crippen LogP contribution in [0.1, 0.15) is 24.5 Å². The van der Waals surface area contributed by atoms with Crippen LogP contribution in [0.2, 0.25) is 0 Å². The molecule has 3 heterocycles. The fourth-order valence-electron chi connectivity index (χ4n) is 3.68. The third kappa shape index (κ3) is 4.96. The van der Waals surface area contributed by atoms with Gasteiger partial charge in [0.25, 0.3) is 0 Å². The van der Waals surface area contributed by atoms with Crippen molar-refractivity contribution in [2.75, 3.05) is 30.7 Å². The molecule has 30 heavy (non-hydrogen) atoms. The maximum Gasteiger partial charge on any atom is 0.238 e. The number of aromatic nitrogens is 3. The molecule has 1 atom stereocenters. The van der Waals surface area contributed by atoms with Crippen LogP contribution in [0.4, 0.5) is 16.0 Å². The highest BCUT2D eigenvalue weighted by Crippen LogP contribution is 2.27. The number of hydrogen-bond donors (Lipinski definition) is 2. The standard InChI is InChI=1S/C22H23FN6O/c23-18-4-6-19(7-5-18)28-21(30)14-29-9-1-2-16(13-29)20-8-3-15(10-25-20)17-11-26-22(24)27-12-17/h3-8,10-12,16H,1-2,9,13-14H2,(H,28,30)(H2,24,26,27)/t16-/m1/s1. The van der Waals surface area contributed by atoms with Crippen molar-refractivity contribution in [3.8, 4) is 11.1 Å². The zero-order chi connectivity index (χ0) is 20.9. The first-order valence-electron chi connectivity index (χ1n) is 9.88. The van der Waals surface area contributed by atoms with Gasteiger partial charge in [-0.05, 0) is 49.7 Å². The van der Waals surface area contributed by atoms with Crippen LogP contribution in [-0.4, -0.2) is 45.4 Å². The molecule has 1 saturated heterocycles. The first-order chi connectivity index (χ1) is 14.6. The van der Waals surface area contributed by atoms with Gasteiger partial charge in [-0.25, -0.2) is 14.4 Å². The number of nitrogens with two attached hydrogens (primary N) is 1. The van der Waals surface area contributed by atoms with Crippen molar-refractivity contribution in [1.82, 2.24) is 19.9 Å². The molecule has 0 unspecified atom stereocenters. The van der Waals surface area contributed by atoms with Crippen molar-refractivity contribution in [3.05, 3.63) is 66.5 Å². The largest absolute Gasteiger partial charge is 0.368 e. The summed E-state index contributed by atoms with van der Waals surface area (Å²) < 4.78 is 13.0. The van der Waals surface area contributed by atoms with Crippen LogP contribution in [0, 0.1) is 5.82 Å². The Labute approximate surface area is 174 Å². The van der Waals surface area contributed by atoms with E-state index in [2.05, 4.69) is 25.2 Å². The van der Waals surface area contributed by atoms with Gasteiger partial charge >= 0.3 is 0 Å². The van der Waals surface area contributed by atoms with E-state index in [0.29, 0.717) is 12.2 Å². The summed E-state index contributed by atoms with van der Waals surface area (Å²) in [5.41, 5.74) is 8.95. The second-order valence-corrected chi connectivity index (χ2v) is 7.43. The number of carbonyl (C=O) groups excluding carboxylic acids is 1. The minimum atomic E-state index is -0.325. The Bertz CT molecular complexity index is 992. The van der Waals surface area contributed by atoms with Crippen molar-refractivity contribution in [2.45, 2.75) is 18.8 Å². The number of nitrogens with zero attached hydrogens (tertiary/aromatic N) is 4. The van der Waals surface area contributed by atoms with Gasteiger partial charge in [-0.3, -0.25) is 14.7 Å². The lowest BCUT2D eigenvalue weighted by Gasteiger charge is -2.32. The maximum atomic E-state index is 13.0. The first kappa shape index (κ1) is 19.9. The Morgan fingerprint density at radius 3 is 2.50 bits per heavy atom. The third-order valence-electron chi connectivity index (χ3n) is 5.21. The second-order valence-electron chi connectivity index (χ2n) is 7.43. The summed E-state index contributed by atoms with van der Waals surface area (Å²) in [5.74, 6) is 0.0893. The molecule has 0 bridgehead atoms. The number of pyridine rings is 1. The number of nitrogens with one attached hydrogen (secondary N) is 1. The fourth-order valence-corrected chi connectivity index (χ4v) is 3.68. The molecule has 0 radical (unpaired) electrons. The summed E-state index contributed by atoms with van der Waals surface area (Å²) in [4.78, 5) is 27.2. The molecule has 4 rings (SSSR count). The van der Waals surface area contributed by atoms with E-state index in [4.69, 9.17) is 5.73 Å². The van der Waals surface area contributed by atoms with Crippen molar-refractivity contribution < 1.29 is 9.18 Å². The van der Waals surface area contributed by atoms with Crippen LogP contribution in [0.15, 0.2) is 55.0 Å². The molecule has 1 aromatic carbocycles. The molecule has 154 valence electrons. The average Bonchev–Trinajstić information content (AvgIpc) is 2.76. The highest BCUT2D eigenvalue weighted by Gasteiger charge is 2.23. The summed E-state index contributed by atoms with van der Waals surface area (Å²) in [7, 11) is 0. The Hall–Kier alpha value is -3.39. The highest BCUT2D eigenvalue weighted by molar-refractivity contribution is 5.92. The number of halogens is 1. The molecule has 8 heteroatoms. The molecule has 1 fully saturated rings. The Kier molecular flexibility index (Phi) is 5.94. The molecule has 2 aromatic heterocycles. The summed E-state index contributed by atoms with van der Waals surface area (Å²) in [6, 6.07) is 9.82. The van der Waals surface area contributed by atoms with Gasteiger partial charge in [0.15, 0.2) is 0 Å². The molecule has 3 N–H and O–H groups in total. The molecule has 1 aliphatic rings. The number of piperidine rings is 1. The molecule has 0 aliphatic carbocycles. The van der Waals surface area contributed by atoms with Gasteiger partial charge in [0, 0.05) is 53.6 Å². The average molecular weight is 406 g/mol. The summed E-state index contributed by atoms with van der Waals surface area (Å²) in [5, 5.41) is 2.82. The van der Waals surface area contributed by atoms with Gasteiger partial charge in [-0.1, -0.05) is 6.07 Å². The molecular weight excluding hydrogens is 383 g/mol. The predicted molar refractivity (Wildman–Crippen MR) is 113 cm³/mol. The molecule has 3 aromatic rings. The number of anilines is 2. The van der Waals surface area contributed by atoms with E-state index in [1.54, 1.807) is 24.5 Å². The fraction of sp³-hybridized carbons (Fsp3) is 0.273. The topological polar surface area (TPSA) is 97.0 Å². The lowest BCUT2D eigenvalue weighted by Crippen LogP contribution is -2.40. The highest BCUT2D eigenvalue weighted by atomic mass is 19.1. The summed E-state index contributed by atoms with van der Waals surface area (Å²) in [6.07, 6.45) is 7.23. The molecule has 1 aliphatic heterocycles. The number of amides is 1. The lowest BCUT2D eigenvalue weighted by molar-refractivity contribution is -0.117. The van der Waals surface area contributed by atoms with Crippen LogP contribution >= 0.6 is 0 Å². The third-order valence-corrected chi connectivity index (χ3v) is 5.21. The molecule has 7 nitrogen and oxygen atoms in total. The van der Waals surface area contributed by atoms with Crippen LogP contribution in [-0.2, 0) is 4.79 Å². The van der Waals surface area contributed by atoms with Crippen molar-refractivity contribution in [1.29, 1.82) is 0 Å². The van der Waals surface area contributed by atoms with Gasteiger partial charge in [0.1, 0.15) is 5.82 Å². The number of likely N-dealkylation sites (tertiary alicyclic amines) is 1. The van der Waals surface area contributed by atoms with Crippen molar-refractivity contribution >= 4 is 17.5 Å². The lowest BCUT2D eigenvalue weighted by atomic mass is 9.94. The van der Waals surface area contributed by atoms with E-state index in [0.717, 1.165) is 42.8 Å². The monoisotopic (exact) mass is 406 g/mol. The smallest absolute Gasteiger partial charge is 0.238 e. The van der Waals surface area contributed by atoms with Crippen molar-refractivity contribution in [3.63, 3.8) is 0 Å². The van der Waals surface area contributed by atoms with Crippen LogP contribution in [0.25, 0.3) is 11.1 Å². The van der Waals surface area contributed by atoms with E-state index in [-0.39, 0.29) is 23.6 Å². The predicted octanol–water partition coefficient (Wildman–Crippen LogP) is 3.08. The van der Waals surface area contributed by atoms with Gasteiger partial charge in [0.2, 0.25) is 11.9 Å². The number of nitrogen functional groups attached to an aromatic ring is 1. The zero-order valence-corrected chi connectivity index (χ0v) is 16.5. The minimum absolute atomic E-state index is 0.103. The van der Waals surface area contributed by atoms with Gasteiger partial charge in [-0.2, -0.15) is 0 Å². The zero-order valence-electron chi connectivity index (χ0n) is 16.5. The van der Waals surface area contributed by atoms with Gasteiger partial charge < -0.3 is 11.1 Å². The number of carbonyl (C=O) groups is 1. The Balaban J connectivity index is 1.35. The van der Waals surface area contributed by atoms with Crippen molar-refractivity contribution in [2.24, 2.45) is 0 Å². The maximum absolute atomic E-state index is 13.0. The second kappa shape index (κ2) is 8.96. The summed E-state index contributed by atoms with van der Waals surface area (Å²) >= 11 is 0. The Morgan fingerprint density at radius 1 is 1.07 bits per heavy atom. The number of benzene rings is 1. The normalized spacial score (nSPS) is 16.9. The molecular formula is C22H23FN6O. The van der Waals surface area contributed by atoms with E-state index in [1.165, 1.54) is 12.1 Å². The summed E-state index contributed by atoms with van der Waals surface area (Å²) in [6.45, 7) is 1.94. The molecule has 0 spiro atoms. The van der Waals surface area contributed by atoms with Crippen LogP contribution in [0.3, 0.4) is 0 Å². The van der Waals surface area contributed by atoms with Crippen LogP contribution in [0.5, 0.6) is 0 Å². The number of hydrogen-bond acceptors (Lipinski definition) is 6. The molecule has 1 amide bonds. The van der Waals surface area contributed by atoms with Gasteiger partial charge in [0.05, 0.1) is 6.54 Å². The van der Waals surface area contributed by atoms with E-state index in [9.17, 15) is 9.18 Å². The Morgan fingerprint density at radius 2 is 1.80 bits per heavy atom. The minimum Gasteiger partial charge on any atom is -0.368 e. The number of rotatable bonds is 5. The van der Waals surface area contributed by atoms with E-state index < -0.39 is 0 Å². The van der Waals surface area contributed by atoms with Gasteiger partial charge in [-0.15, -0.1) is 0 Å². The van der Waals surface area contributed by atoms with E-state index >= 15 is 0 Å². The quantitative estimate of drug-likeness (QED) is 0.676. The molecule has 0 saturated carbocycles. The SMILES string of the molecule is Nc1ncc(-c2ccc([C@@H]3CCCN(CC(=O)Nc4ccc(F)cc4)C3)nc2)cn1. The van der Waals surface area contributed by atoms with Crippen LogP contribution < -0.4 is 11.1 Å².